The molecule has 0 bridgehead atoms. The molecule has 0 spiro atoms. The van der Waals surface area contributed by atoms with Crippen LogP contribution in [0, 0.1) is 19.3 Å². The Labute approximate surface area is 123 Å². The van der Waals surface area contributed by atoms with E-state index in [0.717, 1.165) is 24.1 Å². The first-order chi connectivity index (χ1) is 9.26. The Balaban J connectivity index is 2.68. The fourth-order valence-corrected chi connectivity index (χ4v) is 2.44. The molecule has 0 radical (unpaired) electrons. The van der Waals surface area contributed by atoms with Crippen LogP contribution in [0.15, 0.2) is 18.2 Å². The maximum atomic E-state index is 12.3. The maximum absolute atomic E-state index is 12.3. The zero-order valence-electron chi connectivity index (χ0n) is 13.5. The predicted molar refractivity (Wildman–Crippen MR) is 86.0 cm³/mol. The van der Waals surface area contributed by atoms with E-state index in [0.29, 0.717) is 13.0 Å². The highest BCUT2D eigenvalue weighted by Crippen LogP contribution is 2.27. The second-order valence-electron chi connectivity index (χ2n) is 6.45. The van der Waals surface area contributed by atoms with Crippen molar-refractivity contribution in [2.75, 3.05) is 18.5 Å². The third-order valence-electron chi connectivity index (χ3n) is 3.92. The van der Waals surface area contributed by atoms with Crippen molar-refractivity contribution in [3.8, 4) is 0 Å². The van der Waals surface area contributed by atoms with Gasteiger partial charge in [-0.2, -0.15) is 0 Å². The van der Waals surface area contributed by atoms with Crippen LogP contribution in [0.2, 0.25) is 0 Å². The lowest BCUT2D eigenvalue weighted by molar-refractivity contribution is -0.118. The molecule has 0 saturated heterocycles. The van der Waals surface area contributed by atoms with Crippen LogP contribution in [0.3, 0.4) is 0 Å². The highest BCUT2D eigenvalue weighted by atomic mass is 16.2. The molecule has 1 rings (SSSR count). The molecule has 0 aromatic heterocycles. The van der Waals surface area contributed by atoms with E-state index in [2.05, 4.69) is 26.8 Å². The van der Waals surface area contributed by atoms with Gasteiger partial charge in [-0.1, -0.05) is 31.5 Å². The SMILES string of the molecule is Cc1ccc(N(C)C(=O)CCC(C)(C)CCN)c(C)c1. The Kier molecular flexibility index (Phi) is 5.75. The van der Waals surface area contributed by atoms with Crippen molar-refractivity contribution in [3.63, 3.8) is 0 Å². The van der Waals surface area contributed by atoms with Crippen LogP contribution in [0.1, 0.15) is 44.2 Å². The van der Waals surface area contributed by atoms with Crippen molar-refractivity contribution >= 4 is 11.6 Å². The second-order valence-corrected chi connectivity index (χ2v) is 6.45. The molecule has 112 valence electrons. The monoisotopic (exact) mass is 276 g/mol. The molecular weight excluding hydrogens is 248 g/mol. The predicted octanol–water partition coefficient (Wildman–Crippen LogP) is 3.42. The summed E-state index contributed by atoms with van der Waals surface area (Å²) < 4.78 is 0. The third kappa shape index (κ3) is 4.64. The number of rotatable bonds is 6. The van der Waals surface area contributed by atoms with Gasteiger partial charge in [0.15, 0.2) is 0 Å². The van der Waals surface area contributed by atoms with Gasteiger partial charge in [0.25, 0.3) is 0 Å². The summed E-state index contributed by atoms with van der Waals surface area (Å²) in [6.07, 6.45) is 2.39. The molecule has 1 aromatic carbocycles. The number of hydrogen-bond acceptors (Lipinski definition) is 2. The van der Waals surface area contributed by atoms with Crippen molar-refractivity contribution in [1.29, 1.82) is 0 Å². The zero-order valence-corrected chi connectivity index (χ0v) is 13.5. The topological polar surface area (TPSA) is 46.3 Å². The van der Waals surface area contributed by atoms with E-state index in [1.54, 1.807) is 4.90 Å². The lowest BCUT2D eigenvalue weighted by Crippen LogP contribution is -2.28. The maximum Gasteiger partial charge on any atom is 0.226 e. The molecule has 0 heterocycles. The molecule has 0 atom stereocenters. The van der Waals surface area contributed by atoms with E-state index in [4.69, 9.17) is 5.73 Å². The average molecular weight is 276 g/mol. The highest BCUT2D eigenvalue weighted by Gasteiger charge is 2.20. The van der Waals surface area contributed by atoms with Gasteiger partial charge >= 0.3 is 0 Å². The molecule has 1 amide bonds. The molecule has 0 fully saturated rings. The number of nitrogens with two attached hydrogens (primary N) is 1. The third-order valence-corrected chi connectivity index (χ3v) is 3.92. The van der Waals surface area contributed by atoms with Gasteiger partial charge in [0.2, 0.25) is 5.91 Å². The fourth-order valence-electron chi connectivity index (χ4n) is 2.44. The van der Waals surface area contributed by atoms with Crippen LogP contribution in [-0.2, 0) is 4.79 Å². The largest absolute Gasteiger partial charge is 0.330 e. The Hall–Kier alpha value is -1.35. The van der Waals surface area contributed by atoms with E-state index in [1.807, 2.05) is 26.1 Å². The van der Waals surface area contributed by atoms with Gasteiger partial charge < -0.3 is 10.6 Å². The van der Waals surface area contributed by atoms with Gasteiger partial charge in [-0.3, -0.25) is 4.79 Å². The molecule has 3 nitrogen and oxygen atoms in total. The minimum absolute atomic E-state index is 0.133. The number of carbonyl (C=O) groups is 1. The number of amides is 1. The van der Waals surface area contributed by atoms with Crippen molar-refractivity contribution < 1.29 is 4.79 Å². The van der Waals surface area contributed by atoms with Crippen LogP contribution in [-0.4, -0.2) is 19.5 Å². The van der Waals surface area contributed by atoms with Crippen LogP contribution < -0.4 is 10.6 Å². The first kappa shape index (κ1) is 16.7. The quantitative estimate of drug-likeness (QED) is 0.865. The van der Waals surface area contributed by atoms with E-state index in [1.165, 1.54) is 5.56 Å². The fraction of sp³-hybridized carbons (Fsp3) is 0.588. The normalized spacial score (nSPS) is 11.5. The van der Waals surface area contributed by atoms with Gasteiger partial charge in [0, 0.05) is 19.2 Å². The van der Waals surface area contributed by atoms with E-state index >= 15 is 0 Å². The molecule has 0 aliphatic rings. The van der Waals surface area contributed by atoms with Gasteiger partial charge in [-0.15, -0.1) is 0 Å². The minimum Gasteiger partial charge on any atom is -0.330 e. The summed E-state index contributed by atoms with van der Waals surface area (Å²) in [5, 5.41) is 0. The number of anilines is 1. The first-order valence-corrected chi connectivity index (χ1v) is 7.31. The first-order valence-electron chi connectivity index (χ1n) is 7.31. The number of benzene rings is 1. The number of aryl methyl sites for hydroxylation is 2. The molecule has 0 unspecified atom stereocenters. The minimum atomic E-state index is 0.133. The average Bonchev–Trinajstić information content (AvgIpc) is 2.35. The van der Waals surface area contributed by atoms with E-state index in [9.17, 15) is 4.79 Å². The molecule has 1 aromatic rings. The Morgan fingerprint density at radius 1 is 1.25 bits per heavy atom. The van der Waals surface area contributed by atoms with Crippen molar-refractivity contribution in [2.45, 2.75) is 47.0 Å². The number of nitrogens with zero attached hydrogens (tertiary/aromatic N) is 1. The van der Waals surface area contributed by atoms with Crippen LogP contribution in [0.25, 0.3) is 0 Å². The molecule has 3 heteroatoms. The van der Waals surface area contributed by atoms with Gasteiger partial charge in [-0.25, -0.2) is 0 Å². The van der Waals surface area contributed by atoms with Crippen molar-refractivity contribution in [2.24, 2.45) is 11.1 Å². The summed E-state index contributed by atoms with van der Waals surface area (Å²) in [5.41, 5.74) is 9.10. The van der Waals surface area contributed by atoms with Crippen molar-refractivity contribution in [3.05, 3.63) is 29.3 Å². The summed E-state index contributed by atoms with van der Waals surface area (Å²) in [7, 11) is 1.86. The van der Waals surface area contributed by atoms with Crippen molar-refractivity contribution in [1.82, 2.24) is 0 Å². The summed E-state index contributed by atoms with van der Waals surface area (Å²) in [6, 6.07) is 6.18. The summed E-state index contributed by atoms with van der Waals surface area (Å²) in [4.78, 5) is 14.1. The Morgan fingerprint density at radius 3 is 2.45 bits per heavy atom. The van der Waals surface area contributed by atoms with Crippen LogP contribution >= 0.6 is 0 Å². The molecule has 20 heavy (non-hydrogen) atoms. The van der Waals surface area contributed by atoms with E-state index < -0.39 is 0 Å². The number of hydrogen-bond donors (Lipinski definition) is 1. The lowest BCUT2D eigenvalue weighted by atomic mass is 9.84. The summed E-state index contributed by atoms with van der Waals surface area (Å²) >= 11 is 0. The number of carbonyl (C=O) groups excluding carboxylic acids is 1. The standard InChI is InChI=1S/C17H28N2O/c1-13-6-7-15(14(2)12-13)19(5)16(20)8-9-17(3,4)10-11-18/h6-7,12H,8-11,18H2,1-5H3. The van der Waals surface area contributed by atoms with Gasteiger partial charge in [0.05, 0.1) is 0 Å². The summed E-state index contributed by atoms with van der Waals surface area (Å²) in [5.74, 6) is 0.169. The molecule has 0 aliphatic carbocycles. The van der Waals surface area contributed by atoms with E-state index in [-0.39, 0.29) is 11.3 Å². The highest BCUT2D eigenvalue weighted by molar-refractivity contribution is 5.93. The van der Waals surface area contributed by atoms with Crippen LogP contribution in [0.5, 0.6) is 0 Å². The van der Waals surface area contributed by atoms with Gasteiger partial charge in [0.1, 0.15) is 0 Å². The Morgan fingerprint density at radius 2 is 1.90 bits per heavy atom. The molecule has 0 aliphatic heterocycles. The zero-order chi connectivity index (χ0) is 15.3. The molecule has 2 N–H and O–H groups in total. The lowest BCUT2D eigenvalue weighted by Gasteiger charge is -2.26. The molecule has 0 saturated carbocycles. The Bertz CT molecular complexity index is 466. The smallest absolute Gasteiger partial charge is 0.226 e. The van der Waals surface area contributed by atoms with Crippen LogP contribution in [0.4, 0.5) is 5.69 Å². The van der Waals surface area contributed by atoms with Gasteiger partial charge in [-0.05, 0) is 50.3 Å². The molecular formula is C17H28N2O. The second kappa shape index (κ2) is 6.89. The summed E-state index contributed by atoms with van der Waals surface area (Å²) in [6.45, 7) is 9.13.